The molecule has 1 aliphatic rings. The predicted octanol–water partition coefficient (Wildman–Crippen LogP) is 4.39. The van der Waals surface area contributed by atoms with E-state index in [0.717, 1.165) is 28.7 Å². The van der Waals surface area contributed by atoms with Crippen LogP contribution < -0.4 is 5.32 Å². The Hall–Kier alpha value is -0.570. The van der Waals surface area contributed by atoms with Crippen LogP contribution in [0.15, 0.2) is 16.7 Å². The first-order valence-corrected chi connectivity index (χ1v) is 7.30. The highest BCUT2D eigenvalue weighted by molar-refractivity contribution is 9.10. The van der Waals surface area contributed by atoms with Crippen LogP contribution in [0, 0.1) is 18.8 Å². The van der Waals surface area contributed by atoms with Crippen LogP contribution >= 0.6 is 15.9 Å². The molecule has 2 nitrogen and oxygen atoms in total. The van der Waals surface area contributed by atoms with Gasteiger partial charge in [0.2, 0.25) is 0 Å². The summed E-state index contributed by atoms with van der Waals surface area (Å²) in [5, 5.41) is 3.47. The maximum atomic E-state index is 4.42. The zero-order valence-corrected chi connectivity index (χ0v) is 12.3. The van der Waals surface area contributed by atoms with E-state index in [-0.39, 0.29) is 0 Å². The molecule has 17 heavy (non-hydrogen) atoms. The van der Waals surface area contributed by atoms with Crippen molar-refractivity contribution in [1.29, 1.82) is 0 Å². The molecule has 0 spiro atoms. The largest absolute Gasteiger partial charge is 0.369 e. The second-order valence-electron chi connectivity index (χ2n) is 5.36. The fraction of sp³-hybridized carbons (Fsp3) is 0.643. The van der Waals surface area contributed by atoms with Crippen molar-refractivity contribution in [1.82, 2.24) is 4.98 Å². The van der Waals surface area contributed by atoms with Crippen LogP contribution in [0.5, 0.6) is 0 Å². The smallest absolute Gasteiger partial charge is 0.140 e. The molecule has 1 N–H and O–H groups in total. The Balaban J connectivity index is 1.88. The monoisotopic (exact) mass is 296 g/mol. The summed E-state index contributed by atoms with van der Waals surface area (Å²) in [5.74, 6) is 2.69. The molecular weight excluding hydrogens is 276 g/mol. The van der Waals surface area contributed by atoms with Crippen LogP contribution in [-0.2, 0) is 0 Å². The van der Waals surface area contributed by atoms with E-state index in [1.54, 1.807) is 0 Å². The summed E-state index contributed by atoms with van der Waals surface area (Å²) < 4.78 is 1.07. The maximum Gasteiger partial charge on any atom is 0.140 e. The average Bonchev–Trinajstić information content (AvgIpc) is 2.28. The van der Waals surface area contributed by atoms with Crippen LogP contribution in [0.3, 0.4) is 0 Å². The Morgan fingerprint density at radius 3 is 3.00 bits per heavy atom. The van der Waals surface area contributed by atoms with Crippen LogP contribution in [-0.4, -0.2) is 11.5 Å². The molecule has 1 aromatic heterocycles. The highest BCUT2D eigenvalue weighted by atomic mass is 79.9. The first-order chi connectivity index (χ1) is 8.15. The number of rotatable bonds is 3. The van der Waals surface area contributed by atoms with Crippen molar-refractivity contribution >= 4 is 21.7 Å². The average molecular weight is 297 g/mol. The molecule has 1 fully saturated rings. The van der Waals surface area contributed by atoms with E-state index in [1.165, 1.54) is 31.2 Å². The lowest BCUT2D eigenvalue weighted by Gasteiger charge is -2.27. The second-order valence-corrected chi connectivity index (χ2v) is 6.22. The summed E-state index contributed by atoms with van der Waals surface area (Å²) in [6, 6.07) is 2.11. The van der Waals surface area contributed by atoms with Gasteiger partial charge in [-0.25, -0.2) is 4.98 Å². The van der Waals surface area contributed by atoms with Gasteiger partial charge < -0.3 is 5.32 Å². The van der Waals surface area contributed by atoms with Crippen LogP contribution in [0.4, 0.5) is 5.82 Å². The van der Waals surface area contributed by atoms with Gasteiger partial charge in [-0.1, -0.05) is 19.8 Å². The zero-order valence-electron chi connectivity index (χ0n) is 10.7. The molecule has 2 unspecified atom stereocenters. The summed E-state index contributed by atoms with van der Waals surface area (Å²) in [6.07, 6.45) is 7.42. The Bertz CT molecular complexity index is 378. The summed E-state index contributed by atoms with van der Waals surface area (Å²) in [4.78, 5) is 4.42. The third kappa shape index (κ3) is 3.70. The summed E-state index contributed by atoms with van der Waals surface area (Å²) in [6.45, 7) is 5.48. The molecular formula is C14H21BrN2. The van der Waals surface area contributed by atoms with Gasteiger partial charge in [0, 0.05) is 12.7 Å². The highest BCUT2D eigenvalue weighted by Crippen LogP contribution is 2.29. The van der Waals surface area contributed by atoms with E-state index in [0.29, 0.717) is 0 Å². The highest BCUT2D eigenvalue weighted by Gasteiger charge is 2.18. The molecule has 0 aromatic carbocycles. The van der Waals surface area contributed by atoms with Crippen LogP contribution in [0.25, 0.3) is 0 Å². The number of nitrogens with one attached hydrogen (secondary N) is 1. The molecule has 94 valence electrons. The molecule has 2 atom stereocenters. The third-order valence-electron chi connectivity index (χ3n) is 3.58. The van der Waals surface area contributed by atoms with Gasteiger partial charge in [-0.2, -0.15) is 0 Å². The Kier molecular flexibility index (Phi) is 4.43. The first kappa shape index (κ1) is 12.9. The molecule has 1 heterocycles. The third-order valence-corrected chi connectivity index (χ3v) is 4.19. The number of hydrogen-bond donors (Lipinski definition) is 1. The fourth-order valence-electron chi connectivity index (χ4n) is 2.65. The van der Waals surface area contributed by atoms with Gasteiger partial charge in [0.25, 0.3) is 0 Å². The van der Waals surface area contributed by atoms with E-state index in [1.807, 2.05) is 6.20 Å². The van der Waals surface area contributed by atoms with Crippen LogP contribution in [0.1, 0.15) is 38.2 Å². The van der Waals surface area contributed by atoms with E-state index in [4.69, 9.17) is 0 Å². The van der Waals surface area contributed by atoms with Crippen molar-refractivity contribution < 1.29 is 0 Å². The SMILES string of the molecule is Cc1cnc(NCC2CCCC(C)C2)c(Br)c1. The molecule has 0 amide bonds. The van der Waals surface area contributed by atoms with E-state index < -0.39 is 0 Å². The van der Waals surface area contributed by atoms with Gasteiger partial charge in [0.05, 0.1) is 4.47 Å². The minimum atomic E-state index is 0.814. The summed E-state index contributed by atoms with van der Waals surface area (Å²) in [5.41, 5.74) is 1.19. The Morgan fingerprint density at radius 2 is 2.29 bits per heavy atom. The van der Waals surface area contributed by atoms with Gasteiger partial charge in [-0.15, -0.1) is 0 Å². The van der Waals surface area contributed by atoms with Gasteiger partial charge in [-0.3, -0.25) is 0 Å². The van der Waals surface area contributed by atoms with Crippen molar-refractivity contribution in [2.24, 2.45) is 11.8 Å². The standard InChI is InChI=1S/C14H21BrN2/c1-10-4-3-5-12(6-10)9-17-14-13(15)7-11(2)8-16-14/h7-8,10,12H,3-6,9H2,1-2H3,(H,16,17). The number of aryl methyl sites for hydroxylation is 1. The van der Waals surface area contributed by atoms with E-state index in [2.05, 4.69) is 46.1 Å². The molecule has 2 rings (SSSR count). The molecule has 0 saturated heterocycles. The fourth-order valence-corrected chi connectivity index (χ4v) is 3.25. The quantitative estimate of drug-likeness (QED) is 0.895. The molecule has 1 aromatic rings. The maximum absolute atomic E-state index is 4.42. The number of pyridine rings is 1. The molecule has 1 saturated carbocycles. The number of nitrogens with zero attached hydrogens (tertiary/aromatic N) is 1. The number of aromatic nitrogens is 1. The summed E-state index contributed by atoms with van der Waals surface area (Å²) >= 11 is 3.56. The lowest BCUT2D eigenvalue weighted by Crippen LogP contribution is -2.21. The zero-order chi connectivity index (χ0) is 12.3. The Morgan fingerprint density at radius 1 is 1.47 bits per heavy atom. The molecule has 0 bridgehead atoms. The summed E-state index contributed by atoms with van der Waals surface area (Å²) in [7, 11) is 0. The molecule has 0 radical (unpaired) electrons. The van der Waals surface area contributed by atoms with Gasteiger partial charge in [0.1, 0.15) is 5.82 Å². The lowest BCUT2D eigenvalue weighted by molar-refractivity contribution is 0.293. The number of halogens is 1. The van der Waals surface area contributed by atoms with Gasteiger partial charge >= 0.3 is 0 Å². The molecule has 1 aliphatic carbocycles. The van der Waals surface area contributed by atoms with Crippen molar-refractivity contribution in [3.8, 4) is 0 Å². The second kappa shape index (κ2) is 5.85. The molecule has 3 heteroatoms. The van der Waals surface area contributed by atoms with Gasteiger partial charge in [0.15, 0.2) is 0 Å². The van der Waals surface area contributed by atoms with Crippen LogP contribution in [0.2, 0.25) is 0 Å². The topological polar surface area (TPSA) is 24.9 Å². The number of anilines is 1. The van der Waals surface area contributed by atoms with E-state index in [9.17, 15) is 0 Å². The molecule has 0 aliphatic heterocycles. The van der Waals surface area contributed by atoms with Crippen molar-refractivity contribution in [2.75, 3.05) is 11.9 Å². The predicted molar refractivity (Wildman–Crippen MR) is 76.3 cm³/mol. The lowest BCUT2D eigenvalue weighted by atomic mass is 9.82. The van der Waals surface area contributed by atoms with Gasteiger partial charge in [-0.05, 0) is 59.2 Å². The first-order valence-electron chi connectivity index (χ1n) is 6.51. The van der Waals surface area contributed by atoms with E-state index >= 15 is 0 Å². The minimum absolute atomic E-state index is 0.814. The van der Waals surface area contributed by atoms with Crippen molar-refractivity contribution in [2.45, 2.75) is 39.5 Å². The van der Waals surface area contributed by atoms with Crippen molar-refractivity contribution in [3.63, 3.8) is 0 Å². The normalized spacial score (nSPS) is 24.6. The minimum Gasteiger partial charge on any atom is -0.369 e. The Labute approximate surface area is 112 Å². The number of hydrogen-bond acceptors (Lipinski definition) is 2. The van der Waals surface area contributed by atoms with Crippen molar-refractivity contribution in [3.05, 3.63) is 22.3 Å².